The molecule has 2 aromatic rings. The largest absolute Gasteiger partial charge is 0.497 e. The number of aliphatic hydroxyl groups is 1. The quantitative estimate of drug-likeness (QED) is 0.884. The topological polar surface area (TPSA) is 75.8 Å². The van der Waals surface area contributed by atoms with E-state index < -0.39 is 0 Å². The van der Waals surface area contributed by atoms with Crippen LogP contribution in [0.15, 0.2) is 28.7 Å². The molecule has 1 amide bonds. The van der Waals surface area contributed by atoms with Crippen LogP contribution in [0, 0.1) is 6.92 Å². The first-order valence-electron chi connectivity index (χ1n) is 7.67. The third kappa shape index (κ3) is 3.22. The summed E-state index contributed by atoms with van der Waals surface area (Å²) in [6, 6.07) is 7.53. The number of amides is 1. The van der Waals surface area contributed by atoms with Crippen molar-refractivity contribution in [1.82, 2.24) is 9.88 Å². The lowest BCUT2D eigenvalue weighted by Crippen LogP contribution is -2.36. The molecule has 0 atom stereocenters. The van der Waals surface area contributed by atoms with E-state index in [2.05, 4.69) is 4.98 Å². The molecule has 0 radical (unpaired) electrons. The third-order valence-electron chi connectivity index (χ3n) is 3.93. The van der Waals surface area contributed by atoms with Gasteiger partial charge in [-0.05, 0) is 44.0 Å². The maximum absolute atomic E-state index is 12.7. The van der Waals surface area contributed by atoms with Gasteiger partial charge in [0.1, 0.15) is 11.5 Å². The van der Waals surface area contributed by atoms with Crippen LogP contribution in [-0.2, 0) is 0 Å². The van der Waals surface area contributed by atoms with Crippen LogP contribution in [0.1, 0.15) is 29.1 Å². The molecule has 1 saturated carbocycles. The Morgan fingerprint density at radius 3 is 2.65 bits per heavy atom. The molecule has 1 aliphatic rings. The molecule has 0 bridgehead atoms. The van der Waals surface area contributed by atoms with E-state index in [9.17, 15) is 4.79 Å². The fraction of sp³-hybridized carbons (Fsp3) is 0.412. The van der Waals surface area contributed by atoms with Crippen molar-refractivity contribution in [2.24, 2.45) is 0 Å². The van der Waals surface area contributed by atoms with E-state index in [1.807, 2.05) is 24.3 Å². The zero-order chi connectivity index (χ0) is 16.4. The normalized spacial score (nSPS) is 13.9. The summed E-state index contributed by atoms with van der Waals surface area (Å²) in [6.45, 7) is 2.01. The number of hydrogen-bond donors (Lipinski definition) is 1. The van der Waals surface area contributed by atoms with Gasteiger partial charge in [0.2, 0.25) is 5.89 Å². The summed E-state index contributed by atoms with van der Waals surface area (Å²) in [6.07, 6.45) is 1.96. The Hall–Kier alpha value is -2.34. The predicted octanol–water partition coefficient (Wildman–Crippen LogP) is 2.26. The zero-order valence-corrected chi connectivity index (χ0v) is 13.3. The van der Waals surface area contributed by atoms with Gasteiger partial charge in [-0.2, -0.15) is 0 Å². The highest BCUT2D eigenvalue weighted by Crippen LogP contribution is 2.30. The molecule has 23 heavy (non-hydrogen) atoms. The second-order valence-corrected chi connectivity index (χ2v) is 5.61. The van der Waals surface area contributed by atoms with Gasteiger partial charge >= 0.3 is 0 Å². The van der Waals surface area contributed by atoms with Crippen molar-refractivity contribution in [3.8, 4) is 17.2 Å². The fourth-order valence-corrected chi connectivity index (χ4v) is 2.53. The maximum Gasteiger partial charge on any atom is 0.276 e. The number of aromatic nitrogens is 1. The molecule has 0 unspecified atom stereocenters. The minimum atomic E-state index is -0.178. The van der Waals surface area contributed by atoms with E-state index >= 15 is 0 Å². The van der Waals surface area contributed by atoms with Gasteiger partial charge in [-0.15, -0.1) is 0 Å². The van der Waals surface area contributed by atoms with Gasteiger partial charge < -0.3 is 19.2 Å². The average molecular weight is 316 g/mol. The van der Waals surface area contributed by atoms with Crippen molar-refractivity contribution in [2.75, 3.05) is 20.3 Å². The Morgan fingerprint density at radius 2 is 2.09 bits per heavy atom. The number of benzene rings is 1. The molecular formula is C17H20N2O4. The summed E-state index contributed by atoms with van der Waals surface area (Å²) in [7, 11) is 1.61. The lowest BCUT2D eigenvalue weighted by Gasteiger charge is -2.20. The molecule has 1 aromatic carbocycles. The Labute approximate surface area is 134 Å². The first-order valence-corrected chi connectivity index (χ1v) is 7.67. The highest BCUT2D eigenvalue weighted by molar-refractivity contribution is 5.94. The standard InChI is InChI=1S/C17H20N2O4/c1-11-15(17(21)19(9-10-20)13-5-6-13)18-16(23-11)12-3-7-14(22-2)8-4-12/h3-4,7-8,13,20H,5-6,9-10H2,1-2H3. The molecule has 1 aliphatic carbocycles. The lowest BCUT2D eigenvalue weighted by atomic mass is 10.2. The van der Waals surface area contributed by atoms with Gasteiger partial charge in [0.25, 0.3) is 5.91 Å². The number of carbonyl (C=O) groups is 1. The molecule has 3 rings (SSSR count). The van der Waals surface area contributed by atoms with Crippen LogP contribution in [0.25, 0.3) is 11.5 Å². The van der Waals surface area contributed by atoms with Crippen molar-refractivity contribution < 1.29 is 19.1 Å². The summed E-state index contributed by atoms with van der Waals surface area (Å²) in [5, 5.41) is 9.16. The van der Waals surface area contributed by atoms with Crippen LogP contribution in [0.5, 0.6) is 5.75 Å². The summed E-state index contributed by atoms with van der Waals surface area (Å²) in [5.41, 5.74) is 1.10. The van der Waals surface area contributed by atoms with Gasteiger partial charge in [-0.25, -0.2) is 4.98 Å². The van der Waals surface area contributed by atoms with Crippen molar-refractivity contribution in [3.63, 3.8) is 0 Å². The molecule has 0 saturated heterocycles. The van der Waals surface area contributed by atoms with Crippen molar-refractivity contribution in [2.45, 2.75) is 25.8 Å². The SMILES string of the molecule is COc1ccc(-c2nc(C(=O)N(CCO)C3CC3)c(C)o2)cc1. The molecule has 1 N–H and O–H groups in total. The first-order chi connectivity index (χ1) is 11.1. The van der Waals surface area contributed by atoms with Gasteiger partial charge in [0, 0.05) is 18.2 Å². The number of carbonyl (C=O) groups excluding carboxylic acids is 1. The van der Waals surface area contributed by atoms with E-state index in [1.165, 1.54) is 0 Å². The number of oxazole rings is 1. The fourth-order valence-electron chi connectivity index (χ4n) is 2.53. The molecule has 6 nitrogen and oxygen atoms in total. The van der Waals surface area contributed by atoms with Gasteiger partial charge in [0.15, 0.2) is 5.69 Å². The van der Waals surface area contributed by atoms with Gasteiger partial charge in [-0.1, -0.05) is 0 Å². The van der Waals surface area contributed by atoms with Crippen molar-refractivity contribution in [1.29, 1.82) is 0 Å². The molecule has 1 heterocycles. The summed E-state index contributed by atoms with van der Waals surface area (Å²) < 4.78 is 10.8. The minimum Gasteiger partial charge on any atom is -0.497 e. The maximum atomic E-state index is 12.7. The van der Waals surface area contributed by atoms with Gasteiger partial charge in [0.05, 0.1) is 13.7 Å². The summed E-state index contributed by atoms with van der Waals surface area (Å²) >= 11 is 0. The number of rotatable bonds is 6. The lowest BCUT2D eigenvalue weighted by molar-refractivity contribution is 0.0700. The van der Waals surface area contributed by atoms with E-state index in [4.69, 9.17) is 14.3 Å². The third-order valence-corrected chi connectivity index (χ3v) is 3.93. The Morgan fingerprint density at radius 1 is 1.39 bits per heavy atom. The number of aliphatic hydroxyl groups excluding tert-OH is 1. The van der Waals surface area contributed by atoms with Gasteiger partial charge in [-0.3, -0.25) is 4.79 Å². The monoisotopic (exact) mass is 316 g/mol. The molecule has 6 heteroatoms. The molecule has 0 aliphatic heterocycles. The van der Waals surface area contributed by atoms with Crippen LogP contribution in [0.4, 0.5) is 0 Å². The van der Waals surface area contributed by atoms with E-state index in [-0.39, 0.29) is 18.6 Å². The Kier molecular flexibility index (Phi) is 4.34. The number of methoxy groups -OCH3 is 1. The second-order valence-electron chi connectivity index (χ2n) is 5.61. The molecular weight excluding hydrogens is 296 g/mol. The van der Waals surface area contributed by atoms with Crippen LogP contribution >= 0.6 is 0 Å². The van der Waals surface area contributed by atoms with Crippen LogP contribution < -0.4 is 4.74 Å². The zero-order valence-electron chi connectivity index (χ0n) is 13.3. The van der Waals surface area contributed by atoms with Crippen LogP contribution in [0.3, 0.4) is 0 Å². The number of ether oxygens (including phenoxy) is 1. The summed E-state index contributed by atoms with van der Waals surface area (Å²) in [5.74, 6) is 1.47. The number of aryl methyl sites for hydroxylation is 1. The average Bonchev–Trinajstić information content (AvgIpc) is 3.34. The molecule has 122 valence electrons. The molecule has 1 fully saturated rings. The number of nitrogens with zero attached hydrogens (tertiary/aromatic N) is 2. The minimum absolute atomic E-state index is 0.0511. The first kappa shape index (κ1) is 15.6. The number of hydrogen-bond acceptors (Lipinski definition) is 5. The Balaban J connectivity index is 1.86. The molecule has 0 spiro atoms. The van der Waals surface area contributed by atoms with E-state index in [0.29, 0.717) is 23.9 Å². The predicted molar refractivity (Wildman–Crippen MR) is 84.4 cm³/mol. The highest BCUT2D eigenvalue weighted by atomic mass is 16.5. The molecule has 1 aromatic heterocycles. The van der Waals surface area contributed by atoms with Crippen molar-refractivity contribution >= 4 is 5.91 Å². The smallest absolute Gasteiger partial charge is 0.276 e. The highest BCUT2D eigenvalue weighted by Gasteiger charge is 2.34. The van der Waals surface area contributed by atoms with Crippen molar-refractivity contribution in [3.05, 3.63) is 35.7 Å². The van der Waals surface area contributed by atoms with Crippen LogP contribution in [-0.4, -0.2) is 47.2 Å². The summed E-state index contributed by atoms with van der Waals surface area (Å²) in [4.78, 5) is 18.7. The Bertz CT molecular complexity index is 689. The second kappa shape index (κ2) is 6.42. The van der Waals surface area contributed by atoms with Crippen LogP contribution in [0.2, 0.25) is 0 Å². The van der Waals surface area contributed by atoms with E-state index in [0.717, 1.165) is 24.2 Å². The van der Waals surface area contributed by atoms with E-state index in [1.54, 1.807) is 18.9 Å².